The molecule has 3 heteroatoms. The smallest absolute Gasteiger partial charge is 0.310 e. The van der Waals surface area contributed by atoms with Crippen LogP contribution in [0.4, 0.5) is 0 Å². The molecule has 0 amide bonds. The number of hydrogen-bond acceptors (Lipinski definition) is 3. The minimum Gasteiger partial charge on any atom is -0.465 e. The van der Waals surface area contributed by atoms with Crippen molar-refractivity contribution in [2.75, 3.05) is 6.61 Å². The summed E-state index contributed by atoms with van der Waals surface area (Å²) < 4.78 is 4.92. The van der Waals surface area contributed by atoms with Crippen molar-refractivity contribution in [1.29, 1.82) is 0 Å². The highest BCUT2D eigenvalue weighted by Gasteiger charge is 2.58. The van der Waals surface area contributed by atoms with Gasteiger partial charge in [0.1, 0.15) is 5.78 Å². The summed E-state index contributed by atoms with van der Waals surface area (Å²) >= 11 is 0. The van der Waals surface area contributed by atoms with Crippen LogP contribution >= 0.6 is 0 Å². The fraction of sp³-hybridized carbons (Fsp3) is 0.556. The normalized spacial score (nSPS) is 48.3. The van der Waals surface area contributed by atoms with E-state index in [-0.39, 0.29) is 35.4 Å². The first kappa shape index (κ1) is 6.40. The summed E-state index contributed by atoms with van der Waals surface area (Å²) in [7, 11) is 0. The van der Waals surface area contributed by atoms with Gasteiger partial charge in [0, 0.05) is 11.8 Å². The van der Waals surface area contributed by atoms with Crippen molar-refractivity contribution in [2.24, 2.45) is 23.7 Å². The second kappa shape index (κ2) is 1.79. The van der Waals surface area contributed by atoms with Gasteiger partial charge in [0.15, 0.2) is 0 Å². The molecule has 2 fully saturated rings. The predicted molar refractivity (Wildman–Crippen MR) is 39.1 cm³/mol. The van der Waals surface area contributed by atoms with E-state index in [1.165, 1.54) is 0 Å². The van der Waals surface area contributed by atoms with E-state index in [0.29, 0.717) is 6.61 Å². The summed E-state index contributed by atoms with van der Waals surface area (Å²) in [5.74, 6) is -0.124. The molecule has 4 unspecified atom stereocenters. The molecule has 0 aromatic carbocycles. The number of esters is 1. The number of ether oxygens (including phenoxy) is 1. The Morgan fingerprint density at radius 1 is 1.25 bits per heavy atom. The third kappa shape index (κ3) is 0.510. The van der Waals surface area contributed by atoms with E-state index < -0.39 is 0 Å². The van der Waals surface area contributed by atoms with Crippen LogP contribution in [0.2, 0.25) is 0 Å². The van der Waals surface area contributed by atoms with E-state index in [1.54, 1.807) is 0 Å². The summed E-state index contributed by atoms with van der Waals surface area (Å²) in [6, 6.07) is 0. The van der Waals surface area contributed by atoms with Gasteiger partial charge in [-0.3, -0.25) is 9.59 Å². The second-order valence-electron chi connectivity index (χ2n) is 3.66. The van der Waals surface area contributed by atoms with Crippen LogP contribution in [0.1, 0.15) is 0 Å². The third-order valence-corrected chi connectivity index (χ3v) is 3.18. The summed E-state index contributed by atoms with van der Waals surface area (Å²) in [5, 5.41) is 0. The molecule has 0 aromatic heterocycles. The zero-order chi connectivity index (χ0) is 8.29. The third-order valence-electron chi connectivity index (χ3n) is 3.18. The molecule has 3 aliphatic rings. The standard InChI is InChI=1S/C9H8O3/c10-8-4-1-2-5(8)7-6(4)3-12-9(7)11/h1-2,4-7H,3H2. The molecule has 0 aromatic rings. The fourth-order valence-corrected chi connectivity index (χ4v) is 2.59. The summed E-state index contributed by atoms with van der Waals surface area (Å²) in [4.78, 5) is 22.6. The maximum atomic E-state index is 11.5. The highest BCUT2D eigenvalue weighted by Crippen LogP contribution is 2.48. The monoisotopic (exact) mass is 164 g/mol. The first-order valence-electron chi connectivity index (χ1n) is 4.18. The molecular formula is C9H8O3. The van der Waals surface area contributed by atoms with E-state index >= 15 is 0 Å². The summed E-state index contributed by atoms with van der Waals surface area (Å²) in [6.45, 7) is 0.445. The minimum absolute atomic E-state index is 0.0218. The Kier molecular flexibility index (Phi) is 0.953. The number of hydrogen-bond donors (Lipinski definition) is 0. The van der Waals surface area contributed by atoms with Crippen molar-refractivity contribution in [1.82, 2.24) is 0 Å². The van der Waals surface area contributed by atoms with Crippen LogP contribution in [0.25, 0.3) is 0 Å². The molecule has 2 aliphatic carbocycles. The molecule has 3 rings (SSSR count). The van der Waals surface area contributed by atoms with Crippen molar-refractivity contribution < 1.29 is 14.3 Å². The quantitative estimate of drug-likeness (QED) is 0.378. The maximum Gasteiger partial charge on any atom is 0.310 e. The SMILES string of the molecule is O=C1C2C=CC1C1C(=O)OCC21. The lowest BCUT2D eigenvalue weighted by Gasteiger charge is -2.12. The summed E-state index contributed by atoms with van der Waals surface area (Å²) in [6.07, 6.45) is 3.79. The number of ketones is 1. The number of carbonyl (C=O) groups excluding carboxylic acids is 2. The van der Waals surface area contributed by atoms with Crippen LogP contribution in [0.5, 0.6) is 0 Å². The minimum atomic E-state index is -0.176. The van der Waals surface area contributed by atoms with Gasteiger partial charge in [0.2, 0.25) is 0 Å². The van der Waals surface area contributed by atoms with Crippen molar-refractivity contribution >= 4 is 11.8 Å². The van der Waals surface area contributed by atoms with Crippen molar-refractivity contribution in [3.05, 3.63) is 12.2 Å². The number of Topliss-reactive ketones (excluding diaryl/α,β-unsaturated/α-hetero) is 1. The van der Waals surface area contributed by atoms with Crippen molar-refractivity contribution in [3.63, 3.8) is 0 Å². The Morgan fingerprint density at radius 2 is 2.00 bits per heavy atom. The lowest BCUT2D eigenvalue weighted by atomic mass is 9.86. The summed E-state index contributed by atoms with van der Waals surface area (Å²) in [5.41, 5.74) is 0. The second-order valence-corrected chi connectivity index (χ2v) is 3.66. The van der Waals surface area contributed by atoms with Gasteiger partial charge in [-0.05, 0) is 0 Å². The van der Waals surface area contributed by atoms with Gasteiger partial charge >= 0.3 is 5.97 Å². The van der Waals surface area contributed by atoms with Gasteiger partial charge in [-0.1, -0.05) is 12.2 Å². The number of fused-ring (bicyclic) bond motifs is 5. The molecule has 0 N–H and O–H groups in total. The van der Waals surface area contributed by atoms with Gasteiger partial charge < -0.3 is 4.74 Å². The first-order chi connectivity index (χ1) is 5.79. The van der Waals surface area contributed by atoms with E-state index in [0.717, 1.165) is 0 Å². The average molecular weight is 164 g/mol. The van der Waals surface area contributed by atoms with Gasteiger partial charge in [-0.15, -0.1) is 0 Å². The van der Waals surface area contributed by atoms with Crippen molar-refractivity contribution in [2.45, 2.75) is 0 Å². The van der Waals surface area contributed by atoms with E-state index in [4.69, 9.17) is 4.74 Å². The molecule has 1 saturated carbocycles. The molecule has 1 aliphatic heterocycles. The number of carbonyl (C=O) groups is 2. The van der Waals surface area contributed by atoms with Crippen LogP contribution in [0.3, 0.4) is 0 Å². The van der Waals surface area contributed by atoms with E-state index in [9.17, 15) is 9.59 Å². The highest BCUT2D eigenvalue weighted by molar-refractivity contribution is 5.98. The predicted octanol–water partition coefficient (Wildman–Crippen LogP) is 0.160. The Bertz CT molecular complexity index is 305. The molecule has 62 valence electrons. The van der Waals surface area contributed by atoms with Crippen LogP contribution in [-0.2, 0) is 14.3 Å². The Morgan fingerprint density at radius 3 is 2.75 bits per heavy atom. The number of allylic oxidation sites excluding steroid dienone is 2. The molecule has 3 nitrogen and oxygen atoms in total. The highest BCUT2D eigenvalue weighted by atomic mass is 16.5. The van der Waals surface area contributed by atoms with Crippen molar-refractivity contribution in [3.8, 4) is 0 Å². The van der Waals surface area contributed by atoms with Gasteiger partial charge in [0.05, 0.1) is 18.4 Å². The Labute approximate surface area is 69.4 Å². The van der Waals surface area contributed by atoms with E-state index in [2.05, 4.69) is 0 Å². The Balaban J connectivity index is 2.09. The first-order valence-corrected chi connectivity index (χ1v) is 4.18. The zero-order valence-electron chi connectivity index (χ0n) is 6.40. The molecule has 0 spiro atoms. The molecule has 2 bridgehead atoms. The molecule has 4 atom stereocenters. The van der Waals surface area contributed by atoms with Gasteiger partial charge in [-0.25, -0.2) is 0 Å². The van der Waals surface area contributed by atoms with Gasteiger partial charge in [0.25, 0.3) is 0 Å². The van der Waals surface area contributed by atoms with Crippen LogP contribution in [0, 0.1) is 23.7 Å². The molecule has 1 heterocycles. The molecule has 0 radical (unpaired) electrons. The topological polar surface area (TPSA) is 43.4 Å². The Hall–Kier alpha value is -1.12. The average Bonchev–Trinajstić information content (AvgIpc) is 2.66. The lowest BCUT2D eigenvalue weighted by Crippen LogP contribution is -2.20. The number of rotatable bonds is 0. The lowest BCUT2D eigenvalue weighted by molar-refractivity contribution is -0.143. The van der Waals surface area contributed by atoms with Gasteiger partial charge in [-0.2, -0.15) is 0 Å². The molecule has 1 saturated heterocycles. The fourth-order valence-electron chi connectivity index (χ4n) is 2.59. The van der Waals surface area contributed by atoms with Crippen LogP contribution < -0.4 is 0 Å². The molecule has 12 heavy (non-hydrogen) atoms. The largest absolute Gasteiger partial charge is 0.465 e. The van der Waals surface area contributed by atoms with E-state index in [1.807, 2.05) is 12.2 Å². The maximum absolute atomic E-state index is 11.5. The molecular weight excluding hydrogens is 156 g/mol. The number of cyclic esters (lactones) is 1. The van der Waals surface area contributed by atoms with Crippen LogP contribution in [-0.4, -0.2) is 18.4 Å². The van der Waals surface area contributed by atoms with Crippen LogP contribution in [0.15, 0.2) is 12.2 Å². The zero-order valence-corrected chi connectivity index (χ0v) is 6.40.